The molecule has 47 heavy (non-hydrogen) atoms. The van der Waals surface area contributed by atoms with Gasteiger partial charge < -0.3 is 9.13 Å². The number of hydrogen-bond donors (Lipinski definition) is 0. The smallest absolute Gasteiger partial charge is 0.156 e. The molecule has 9 aromatic rings. The molecule has 0 fully saturated rings. The Kier molecular flexibility index (Phi) is 6.03. The van der Waals surface area contributed by atoms with Gasteiger partial charge in [0.05, 0.1) is 28.3 Å². The minimum absolute atomic E-state index is 0.0606. The van der Waals surface area contributed by atoms with Gasteiger partial charge in [0.2, 0.25) is 0 Å². The largest absolute Gasteiger partial charge is 0.309 e. The van der Waals surface area contributed by atoms with Crippen LogP contribution in [0.2, 0.25) is 0 Å². The second kappa shape index (κ2) is 10.3. The molecule has 0 unspecified atom stereocenters. The van der Waals surface area contributed by atoms with Gasteiger partial charge in [-0.1, -0.05) is 118 Å². The SMILES string of the molecule is CC(C)(C)c1cc(-n2cnc(-n3c4ccccc4c4ccccc43)c2)cc(-n2c3ccccc3c3ccc(-c4ccccc4)cc32)c1. The van der Waals surface area contributed by atoms with Crippen LogP contribution < -0.4 is 0 Å². The number of aromatic nitrogens is 4. The van der Waals surface area contributed by atoms with Gasteiger partial charge in [0.1, 0.15) is 6.33 Å². The Labute approximate surface area is 273 Å². The summed E-state index contributed by atoms with van der Waals surface area (Å²) in [4.78, 5) is 4.98. The molecule has 0 spiro atoms. The van der Waals surface area contributed by atoms with Crippen molar-refractivity contribution in [1.82, 2.24) is 18.7 Å². The highest BCUT2D eigenvalue weighted by molar-refractivity contribution is 6.10. The number of rotatable bonds is 4. The molecule has 0 saturated carbocycles. The Morgan fingerprint density at radius 1 is 0.468 bits per heavy atom. The Hall–Kier alpha value is -5.87. The second-order valence-electron chi connectivity index (χ2n) is 13.4. The zero-order chi connectivity index (χ0) is 31.7. The van der Waals surface area contributed by atoms with Crippen molar-refractivity contribution in [3.8, 4) is 28.3 Å². The highest BCUT2D eigenvalue weighted by Crippen LogP contribution is 2.37. The van der Waals surface area contributed by atoms with E-state index in [4.69, 9.17) is 4.98 Å². The van der Waals surface area contributed by atoms with E-state index < -0.39 is 0 Å². The van der Waals surface area contributed by atoms with Gasteiger partial charge in [-0.3, -0.25) is 4.57 Å². The normalized spacial score (nSPS) is 12.1. The van der Waals surface area contributed by atoms with Crippen LogP contribution in [-0.4, -0.2) is 18.7 Å². The molecule has 0 N–H and O–H groups in total. The molecule has 3 aromatic heterocycles. The molecule has 0 aliphatic rings. The van der Waals surface area contributed by atoms with Gasteiger partial charge in [-0.2, -0.15) is 0 Å². The molecule has 0 aliphatic carbocycles. The summed E-state index contributed by atoms with van der Waals surface area (Å²) in [7, 11) is 0. The van der Waals surface area contributed by atoms with Crippen LogP contribution in [0.1, 0.15) is 26.3 Å². The van der Waals surface area contributed by atoms with Crippen LogP contribution >= 0.6 is 0 Å². The van der Waals surface area contributed by atoms with E-state index >= 15 is 0 Å². The van der Waals surface area contributed by atoms with E-state index in [1.807, 2.05) is 6.33 Å². The van der Waals surface area contributed by atoms with Crippen molar-refractivity contribution in [3.63, 3.8) is 0 Å². The van der Waals surface area contributed by atoms with Crippen LogP contribution in [0, 0.1) is 0 Å². The van der Waals surface area contributed by atoms with Gasteiger partial charge in [0.15, 0.2) is 5.82 Å². The van der Waals surface area contributed by atoms with Crippen molar-refractivity contribution in [2.24, 2.45) is 0 Å². The van der Waals surface area contributed by atoms with Gasteiger partial charge in [-0.05, 0) is 64.6 Å². The van der Waals surface area contributed by atoms with Crippen LogP contribution in [-0.2, 0) is 5.41 Å². The summed E-state index contributed by atoms with van der Waals surface area (Å²) in [5.74, 6) is 0.898. The number of fused-ring (bicyclic) bond motifs is 6. The Morgan fingerprint density at radius 2 is 1.02 bits per heavy atom. The highest BCUT2D eigenvalue weighted by Gasteiger charge is 2.20. The summed E-state index contributed by atoms with van der Waals surface area (Å²) in [6.45, 7) is 6.85. The summed E-state index contributed by atoms with van der Waals surface area (Å²) >= 11 is 0. The van der Waals surface area contributed by atoms with Gasteiger partial charge >= 0.3 is 0 Å². The molecule has 6 aromatic carbocycles. The van der Waals surface area contributed by atoms with Crippen LogP contribution in [0.4, 0.5) is 0 Å². The Morgan fingerprint density at radius 3 is 1.66 bits per heavy atom. The number of imidazole rings is 1. The maximum atomic E-state index is 4.98. The van der Waals surface area contributed by atoms with Crippen molar-refractivity contribution in [3.05, 3.63) is 158 Å². The average molecular weight is 607 g/mol. The number of para-hydroxylation sites is 3. The zero-order valence-corrected chi connectivity index (χ0v) is 26.7. The topological polar surface area (TPSA) is 27.7 Å². The summed E-state index contributed by atoms with van der Waals surface area (Å²) < 4.78 is 6.87. The van der Waals surface area contributed by atoms with E-state index in [9.17, 15) is 0 Å². The molecule has 226 valence electrons. The second-order valence-corrected chi connectivity index (χ2v) is 13.4. The van der Waals surface area contributed by atoms with Gasteiger partial charge in [0.25, 0.3) is 0 Å². The molecule has 0 aliphatic heterocycles. The maximum absolute atomic E-state index is 4.98. The first-order valence-corrected chi connectivity index (χ1v) is 16.2. The number of nitrogens with zero attached hydrogens (tertiary/aromatic N) is 4. The number of hydrogen-bond acceptors (Lipinski definition) is 1. The maximum Gasteiger partial charge on any atom is 0.156 e. The first kappa shape index (κ1) is 27.4. The van der Waals surface area contributed by atoms with Crippen molar-refractivity contribution in [1.29, 1.82) is 0 Å². The molecule has 9 rings (SSSR count). The minimum atomic E-state index is -0.0606. The lowest BCUT2D eigenvalue weighted by Crippen LogP contribution is -2.13. The standard InChI is InChI=1S/C43H34N4/c1-43(2,3)31-24-32(45-27-42(44-28-45)47-39-19-11-8-15-34(39)35-16-9-12-20-40(35)47)26-33(25-31)46-38-18-10-7-17-36(38)37-22-21-30(23-41(37)46)29-13-5-4-6-14-29/h4-28H,1-3H3. The number of benzene rings is 6. The van der Waals surface area contributed by atoms with Crippen molar-refractivity contribution in [2.75, 3.05) is 0 Å². The van der Waals surface area contributed by atoms with E-state index in [0.717, 1.165) is 28.2 Å². The van der Waals surface area contributed by atoms with Crippen LogP contribution in [0.3, 0.4) is 0 Å². The average Bonchev–Trinajstić information content (AvgIpc) is 3.80. The molecule has 0 bridgehead atoms. The molecule has 0 atom stereocenters. The third-order valence-corrected chi connectivity index (χ3v) is 9.48. The molecule has 3 heterocycles. The predicted molar refractivity (Wildman–Crippen MR) is 196 cm³/mol. The molecule has 4 nitrogen and oxygen atoms in total. The molecular formula is C43H34N4. The fraction of sp³-hybridized carbons (Fsp3) is 0.0930. The van der Waals surface area contributed by atoms with Gasteiger partial charge in [-0.25, -0.2) is 4.98 Å². The molecule has 0 saturated heterocycles. The quantitative estimate of drug-likeness (QED) is 0.196. The summed E-state index contributed by atoms with van der Waals surface area (Å²) in [6, 6.07) is 50.4. The first-order chi connectivity index (χ1) is 22.9. The fourth-order valence-electron chi connectivity index (χ4n) is 7.10. The third kappa shape index (κ3) is 4.40. The van der Waals surface area contributed by atoms with Gasteiger partial charge in [-0.15, -0.1) is 0 Å². The van der Waals surface area contributed by atoms with E-state index in [1.54, 1.807) is 0 Å². The lowest BCUT2D eigenvalue weighted by Gasteiger charge is -2.22. The highest BCUT2D eigenvalue weighted by atomic mass is 15.2. The van der Waals surface area contributed by atoms with Crippen LogP contribution in [0.5, 0.6) is 0 Å². The molecule has 0 amide bonds. The van der Waals surface area contributed by atoms with Crippen molar-refractivity contribution < 1.29 is 0 Å². The zero-order valence-electron chi connectivity index (χ0n) is 26.7. The molecule has 0 radical (unpaired) electrons. The lowest BCUT2D eigenvalue weighted by atomic mass is 9.86. The predicted octanol–water partition coefficient (Wildman–Crippen LogP) is 11.0. The molecular weight excluding hydrogens is 573 g/mol. The minimum Gasteiger partial charge on any atom is -0.309 e. The van der Waals surface area contributed by atoms with Crippen LogP contribution in [0.15, 0.2) is 152 Å². The fourth-order valence-corrected chi connectivity index (χ4v) is 7.10. The van der Waals surface area contributed by atoms with Gasteiger partial charge in [0, 0.05) is 32.9 Å². The van der Waals surface area contributed by atoms with Crippen molar-refractivity contribution >= 4 is 43.6 Å². The Bertz CT molecular complexity index is 2550. The lowest BCUT2D eigenvalue weighted by molar-refractivity contribution is 0.589. The summed E-state index contributed by atoms with van der Waals surface area (Å²) in [5, 5.41) is 4.96. The summed E-state index contributed by atoms with van der Waals surface area (Å²) in [5.41, 5.74) is 10.5. The van der Waals surface area contributed by atoms with E-state index in [0.29, 0.717) is 0 Å². The van der Waals surface area contributed by atoms with Crippen LogP contribution in [0.25, 0.3) is 71.9 Å². The van der Waals surface area contributed by atoms with Crippen molar-refractivity contribution in [2.45, 2.75) is 26.2 Å². The Balaban J connectivity index is 1.26. The monoisotopic (exact) mass is 606 g/mol. The third-order valence-electron chi connectivity index (χ3n) is 9.48. The summed E-state index contributed by atoms with van der Waals surface area (Å²) in [6.07, 6.45) is 4.10. The first-order valence-electron chi connectivity index (χ1n) is 16.2. The van der Waals surface area contributed by atoms with E-state index in [1.165, 1.54) is 49.3 Å². The van der Waals surface area contributed by atoms with E-state index in [2.05, 4.69) is 180 Å². The van der Waals surface area contributed by atoms with E-state index in [-0.39, 0.29) is 5.41 Å². The molecule has 4 heteroatoms.